The Morgan fingerprint density at radius 3 is 3.05 bits per heavy atom. The molecule has 0 saturated carbocycles. The highest BCUT2D eigenvalue weighted by Crippen LogP contribution is 2.21. The lowest BCUT2D eigenvalue weighted by atomic mass is 10.0. The molecule has 2 rings (SSSR count). The van der Waals surface area contributed by atoms with Crippen molar-refractivity contribution < 1.29 is 9.53 Å². The third-order valence-electron chi connectivity index (χ3n) is 3.38. The van der Waals surface area contributed by atoms with Crippen LogP contribution in [0, 0.1) is 5.92 Å². The normalized spacial score (nSPS) is 19.2. The van der Waals surface area contributed by atoms with Crippen LogP contribution in [0.25, 0.3) is 0 Å². The number of halogens is 1. The third kappa shape index (κ3) is 3.61. The monoisotopic (exact) mass is 282 g/mol. The molecule has 2 N–H and O–H groups in total. The molecule has 0 spiro atoms. The van der Waals surface area contributed by atoms with Crippen LogP contribution in [0.3, 0.4) is 0 Å². The Kier molecular flexibility index (Phi) is 4.66. The van der Waals surface area contributed by atoms with Crippen molar-refractivity contribution in [2.24, 2.45) is 5.92 Å². The molecule has 1 atom stereocenters. The molecule has 1 aromatic rings. The maximum atomic E-state index is 12.3. The van der Waals surface area contributed by atoms with Crippen molar-refractivity contribution >= 4 is 23.2 Å². The van der Waals surface area contributed by atoms with Gasteiger partial charge >= 0.3 is 0 Å². The van der Waals surface area contributed by atoms with Crippen molar-refractivity contribution in [1.29, 1.82) is 0 Å². The van der Waals surface area contributed by atoms with E-state index in [1.54, 1.807) is 30.1 Å². The molecule has 1 amide bonds. The lowest BCUT2D eigenvalue weighted by Crippen LogP contribution is -2.35. The van der Waals surface area contributed by atoms with Gasteiger partial charge in [-0.3, -0.25) is 4.79 Å². The number of carbonyl (C=O) groups is 1. The van der Waals surface area contributed by atoms with Crippen LogP contribution in [0.5, 0.6) is 0 Å². The zero-order chi connectivity index (χ0) is 13.8. The van der Waals surface area contributed by atoms with Crippen molar-refractivity contribution in [2.45, 2.75) is 12.8 Å². The van der Waals surface area contributed by atoms with Crippen LogP contribution < -0.4 is 5.73 Å². The number of amides is 1. The molecule has 0 aromatic heterocycles. The van der Waals surface area contributed by atoms with Crippen LogP contribution in [-0.2, 0) is 4.74 Å². The first-order valence-electron chi connectivity index (χ1n) is 6.46. The lowest BCUT2D eigenvalue weighted by molar-refractivity contribution is 0.0389. The average molecular weight is 283 g/mol. The number of nitrogens with zero attached hydrogens (tertiary/aromatic N) is 1. The summed E-state index contributed by atoms with van der Waals surface area (Å²) in [5, 5.41) is 0.520. The van der Waals surface area contributed by atoms with Crippen LogP contribution in [0.2, 0.25) is 5.02 Å². The van der Waals surface area contributed by atoms with Gasteiger partial charge in [-0.05, 0) is 37.0 Å². The Bertz CT molecular complexity index is 459. The summed E-state index contributed by atoms with van der Waals surface area (Å²) in [5.41, 5.74) is 6.75. The zero-order valence-electron chi connectivity index (χ0n) is 11.1. The predicted octanol–water partition coefficient (Wildman–Crippen LogP) is 2.42. The van der Waals surface area contributed by atoms with E-state index in [4.69, 9.17) is 22.1 Å². The van der Waals surface area contributed by atoms with E-state index in [1.807, 2.05) is 0 Å². The van der Waals surface area contributed by atoms with E-state index >= 15 is 0 Å². The number of carbonyl (C=O) groups excluding carboxylic acids is 1. The van der Waals surface area contributed by atoms with E-state index in [-0.39, 0.29) is 5.91 Å². The Morgan fingerprint density at radius 1 is 1.58 bits per heavy atom. The molecule has 4 nitrogen and oxygen atoms in total. The van der Waals surface area contributed by atoms with Gasteiger partial charge in [0.25, 0.3) is 5.91 Å². The summed E-state index contributed by atoms with van der Waals surface area (Å²) < 4.78 is 5.43. The number of ether oxygens (including phenoxy) is 1. The van der Waals surface area contributed by atoms with E-state index in [9.17, 15) is 4.79 Å². The highest BCUT2D eigenvalue weighted by atomic mass is 35.5. The Morgan fingerprint density at radius 2 is 2.37 bits per heavy atom. The highest BCUT2D eigenvalue weighted by Gasteiger charge is 2.21. The first-order chi connectivity index (χ1) is 9.08. The summed E-state index contributed by atoms with van der Waals surface area (Å²) >= 11 is 5.91. The van der Waals surface area contributed by atoms with Crippen molar-refractivity contribution in [3.8, 4) is 0 Å². The Balaban J connectivity index is 2.03. The second-order valence-electron chi connectivity index (χ2n) is 5.00. The smallest absolute Gasteiger partial charge is 0.255 e. The van der Waals surface area contributed by atoms with Gasteiger partial charge in [0.1, 0.15) is 0 Å². The summed E-state index contributed by atoms with van der Waals surface area (Å²) in [4.78, 5) is 14.0. The van der Waals surface area contributed by atoms with E-state index in [0.717, 1.165) is 26.1 Å². The highest BCUT2D eigenvalue weighted by molar-refractivity contribution is 6.31. The van der Waals surface area contributed by atoms with Crippen molar-refractivity contribution in [3.63, 3.8) is 0 Å². The van der Waals surface area contributed by atoms with Crippen molar-refractivity contribution in [3.05, 3.63) is 28.8 Å². The molecule has 1 heterocycles. The molecule has 0 aliphatic carbocycles. The van der Waals surface area contributed by atoms with E-state index in [2.05, 4.69) is 0 Å². The fraction of sp³-hybridized carbons (Fsp3) is 0.500. The number of rotatable bonds is 3. The maximum Gasteiger partial charge on any atom is 0.255 e. The fourth-order valence-corrected chi connectivity index (χ4v) is 2.51. The van der Waals surface area contributed by atoms with Gasteiger partial charge in [0.15, 0.2) is 0 Å². The summed E-state index contributed by atoms with van der Waals surface area (Å²) in [7, 11) is 1.79. The molecular formula is C14H19ClN2O2. The minimum absolute atomic E-state index is 0.0921. The number of nitrogens with two attached hydrogens (primary N) is 1. The molecular weight excluding hydrogens is 264 g/mol. The van der Waals surface area contributed by atoms with Crippen LogP contribution >= 0.6 is 11.6 Å². The van der Waals surface area contributed by atoms with Gasteiger partial charge in [-0.15, -0.1) is 0 Å². The fourth-order valence-electron chi connectivity index (χ4n) is 2.34. The first kappa shape index (κ1) is 14.2. The second kappa shape index (κ2) is 6.26. The van der Waals surface area contributed by atoms with E-state index < -0.39 is 0 Å². The molecule has 1 fully saturated rings. The standard InChI is InChI=1S/C14H19ClN2O2/c1-17(8-10-3-2-6-19-9-10)14(18)12-7-11(15)4-5-13(12)16/h4-5,7,10H,2-3,6,8-9,16H2,1H3. The van der Waals surface area contributed by atoms with E-state index in [0.29, 0.717) is 28.7 Å². The maximum absolute atomic E-state index is 12.3. The zero-order valence-corrected chi connectivity index (χ0v) is 11.8. The van der Waals surface area contributed by atoms with Gasteiger partial charge in [-0.1, -0.05) is 11.6 Å². The molecule has 1 unspecified atom stereocenters. The van der Waals surface area contributed by atoms with Gasteiger partial charge in [0.2, 0.25) is 0 Å². The van der Waals surface area contributed by atoms with Gasteiger partial charge in [-0.25, -0.2) is 0 Å². The topological polar surface area (TPSA) is 55.6 Å². The van der Waals surface area contributed by atoms with Gasteiger partial charge in [-0.2, -0.15) is 0 Å². The first-order valence-corrected chi connectivity index (χ1v) is 6.84. The SMILES string of the molecule is CN(CC1CCCOC1)C(=O)c1cc(Cl)ccc1N. The Labute approximate surface area is 118 Å². The number of benzene rings is 1. The van der Waals surface area contributed by atoms with Crippen LogP contribution in [-0.4, -0.2) is 37.6 Å². The summed E-state index contributed by atoms with van der Waals surface area (Å²) in [6.07, 6.45) is 2.16. The Hall–Kier alpha value is -1.26. The third-order valence-corrected chi connectivity index (χ3v) is 3.61. The van der Waals surface area contributed by atoms with Crippen molar-refractivity contribution in [2.75, 3.05) is 32.5 Å². The summed E-state index contributed by atoms with van der Waals surface area (Å²) in [6.45, 7) is 2.24. The van der Waals surface area contributed by atoms with Crippen LogP contribution in [0.4, 0.5) is 5.69 Å². The van der Waals surface area contributed by atoms with Crippen LogP contribution in [0.15, 0.2) is 18.2 Å². The van der Waals surface area contributed by atoms with Gasteiger partial charge < -0.3 is 15.4 Å². The number of hydrogen-bond donors (Lipinski definition) is 1. The minimum Gasteiger partial charge on any atom is -0.398 e. The molecule has 0 bridgehead atoms. The molecule has 104 valence electrons. The predicted molar refractivity (Wildman–Crippen MR) is 76.4 cm³/mol. The van der Waals surface area contributed by atoms with Crippen molar-refractivity contribution in [1.82, 2.24) is 4.90 Å². The molecule has 19 heavy (non-hydrogen) atoms. The molecule has 1 saturated heterocycles. The van der Waals surface area contributed by atoms with Crippen LogP contribution in [0.1, 0.15) is 23.2 Å². The molecule has 1 aliphatic rings. The summed E-state index contributed by atoms with van der Waals surface area (Å²) in [6, 6.07) is 4.96. The quantitative estimate of drug-likeness (QED) is 0.866. The molecule has 5 heteroatoms. The lowest BCUT2D eigenvalue weighted by Gasteiger charge is -2.27. The van der Waals surface area contributed by atoms with E-state index in [1.165, 1.54) is 0 Å². The summed E-state index contributed by atoms with van der Waals surface area (Å²) in [5.74, 6) is 0.314. The largest absolute Gasteiger partial charge is 0.398 e. The average Bonchev–Trinajstić information content (AvgIpc) is 2.42. The molecule has 1 aromatic carbocycles. The molecule has 1 aliphatic heterocycles. The minimum atomic E-state index is -0.0921. The van der Waals surface area contributed by atoms with Gasteiger partial charge in [0.05, 0.1) is 12.2 Å². The number of nitrogen functional groups attached to an aromatic ring is 1. The number of hydrogen-bond acceptors (Lipinski definition) is 3. The number of anilines is 1. The second-order valence-corrected chi connectivity index (χ2v) is 5.44. The molecule has 0 radical (unpaired) electrons. The van der Waals surface area contributed by atoms with Gasteiger partial charge in [0, 0.05) is 30.9 Å².